The van der Waals surface area contributed by atoms with Gasteiger partial charge in [0.2, 0.25) is 0 Å². The molecule has 0 atom stereocenters. The Balaban J connectivity index is 1.64. The summed E-state index contributed by atoms with van der Waals surface area (Å²) in [5.41, 5.74) is 6.38. The van der Waals surface area contributed by atoms with E-state index in [-0.39, 0.29) is 5.91 Å². The molecule has 2 aromatic carbocycles. The number of nitrogens with one attached hydrogen (secondary N) is 1. The topological polar surface area (TPSA) is 59.5 Å². The summed E-state index contributed by atoms with van der Waals surface area (Å²) in [6, 6.07) is 16.2. The lowest BCUT2D eigenvalue weighted by Gasteiger charge is -2.02. The Labute approximate surface area is 150 Å². The van der Waals surface area contributed by atoms with Gasteiger partial charge in [-0.25, -0.2) is 5.43 Å². The van der Waals surface area contributed by atoms with Crippen LogP contribution in [0.15, 0.2) is 64.3 Å². The van der Waals surface area contributed by atoms with Crippen LogP contribution in [-0.4, -0.2) is 16.7 Å². The number of aromatic nitrogens is 1. The summed E-state index contributed by atoms with van der Waals surface area (Å²) in [4.78, 5) is 12.1. The minimum Gasteiger partial charge on any atom is -0.469 e. The summed E-state index contributed by atoms with van der Waals surface area (Å²) >= 11 is 0. The van der Waals surface area contributed by atoms with Gasteiger partial charge >= 0.3 is 0 Å². The molecule has 4 rings (SSSR count). The van der Waals surface area contributed by atoms with Crippen LogP contribution in [0.2, 0.25) is 0 Å². The molecular formula is C21H19N3O2. The number of aryl methyl sites for hydroxylation is 2. The molecule has 4 aromatic rings. The third-order valence-corrected chi connectivity index (χ3v) is 4.60. The number of fused-ring (bicyclic) bond motifs is 3. The molecule has 0 saturated carbocycles. The maximum Gasteiger partial charge on any atom is 0.274 e. The van der Waals surface area contributed by atoms with Crippen molar-refractivity contribution in [3.8, 4) is 0 Å². The van der Waals surface area contributed by atoms with Crippen LogP contribution in [0, 0.1) is 6.92 Å². The molecule has 2 heterocycles. The van der Waals surface area contributed by atoms with E-state index >= 15 is 0 Å². The second-order valence-corrected chi connectivity index (χ2v) is 6.13. The van der Waals surface area contributed by atoms with Crippen LogP contribution in [0.5, 0.6) is 0 Å². The van der Waals surface area contributed by atoms with Gasteiger partial charge in [0.15, 0.2) is 0 Å². The van der Waals surface area contributed by atoms with E-state index in [1.807, 2.05) is 6.07 Å². The summed E-state index contributed by atoms with van der Waals surface area (Å²) in [7, 11) is 0. The molecule has 2 aromatic heterocycles. The van der Waals surface area contributed by atoms with Crippen LogP contribution in [0.1, 0.15) is 28.6 Å². The molecule has 0 spiro atoms. The molecule has 130 valence electrons. The summed E-state index contributed by atoms with van der Waals surface area (Å²) in [6.07, 6.45) is 3.15. The smallest absolute Gasteiger partial charge is 0.274 e. The van der Waals surface area contributed by atoms with Gasteiger partial charge in [-0.2, -0.15) is 5.10 Å². The first-order chi connectivity index (χ1) is 12.7. The number of furan rings is 1. The molecule has 0 aliphatic carbocycles. The zero-order valence-corrected chi connectivity index (χ0v) is 14.7. The monoisotopic (exact) mass is 345 g/mol. The maximum atomic E-state index is 12.1. The average Bonchev–Trinajstić information content (AvgIpc) is 3.22. The van der Waals surface area contributed by atoms with E-state index < -0.39 is 0 Å². The van der Waals surface area contributed by atoms with E-state index in [0.29, 0.717) is 11.3 Å². The maximum absolute atomic E-state index is 12.1. The Morgan fingerprint density at radius 1 is 1.15 bits per heavy atom. The molecule has 0 aliphatic rings. The first kappa shape index (κ1) is 16.1. The normalized spacial score (nSPS) is 11.6. The molecule has 0 saturated heterocycles. The lowest BCUT2D eigenvalue weighted by atomic mass is 10.1. The summed E-state index contributed by atoms with van der Waals surface area (Å²) in [6.45, 7) is 4.81. The molecule has 0 unspecified atom stereocenters. The van der Waals surface area contributed by atoms with Gasteiger partial charge in [0, 0.05) is 28.4 Å². The number of nitrogens with zero attached hydrogens (tertiary/aromatic N) is 2. The largest absolute Gasteiger partial charge is 0.469 e. The summed E-state index contributed by atoms with van der Waals surface area (Å²) < 4.78 is 7.44. The number of amides is 1. The van der Waals surface area contributed by atoms with E-state index in [1.165, 1.54) is 28.1 Å². The van der Waals surface area contributed by atoms with Crippen LogP contribution >= 0.6 is 0 Å². The van der Waals surface area contributed by atoms with Crippen LogP contribution in [-0.2, 0) is 6.54 Å². The number of carbonyl (C=O) groups excluding carboxylic acids is 1. The fraction of sp³-hybridized carbons (Fsp3) is 0.143. The van der Waals surface area contributed by atoms with Crippen molar-refractivity contribution in [3.63, 3.8) is 0 Å². The third-order valence-electron chi connectivity index (χ3n) is 4.60. The number of carbonyl (C=O) groups is 1. The highest BCUT2D eigenvalue weighted by Gasteiger charge is 2.11. The fourth-order valence-corrected chi connectivity index (χ4v) is 3.34. The molecule has 0 bridgehead atoms. The van der Waals surface area contributed by atoms with Crippen molar-refractivity contribution in [2.24, 2.45) is 5.10 Å². The highest BCUT2D eigenvalue weighted by atomic mass is 16.3. The van der Waals surface area contributed by atoms with E-state index in [9.17, 15) is 4.79 Å². The van der Waals surface area contributed by atoms with Gasteiger partial charge in [0.05, 0.1) is 18.0 Å². The Kier molecular flexibility index (Phi) is 4.05. The van der Waals surface area contributed by atoms with E-state index in [1.54, 1.807) is 19.2 Å². The zero-order valence-electron chi connectivity index (χ0n) is 14.7. The minimum absolute atomic E-state index is 0.281. The molecule has 0 fully saturated rings. The van der Waals surface area contributed by atoms with Crippen LogP contribution < -0.4 is 5.43 Å². The molecular weight excluding hydrogens is 326 g/mol. The highest BCUT2D eigenvalue weighted by molar-refractivity contribution is 6.09. The second-order valence-electron chi connectivity index (χ2n) is 6.13. The van der Waals surface area contributed by atoms with Crippen molar-refractivity contribution in [1.82, 2.24) is 9.99 Å². The second kappa shape index (κ2) is 6.52. The molecule has 5 nitrogen and oxygen atoms in total. The quantitative estimate of drug-likeness (QED) is 0.438. The van der Waals surface area contributed by atoms with Crippen molar-refractivity contribution in [1.29, 1.82) is 0 Å². The molecule has 0 radical (unpaired) electrons. The predicted octanol–water partition coefficient (Wildman–Crippen LogP) is 4.48. The number of para-hydroxylation sites is 1. The Morgan fingerprint density at radius 3 is 2.73 bits per heavy atom. The molecule has 1 N–H and O–H groups in total. The van der Waals surface area contributed by atoms with Crippen LogP contribution in [0.4, 0.5) is 0 Å². The van der Waals surface area contributed by atoms with Crippen molar-refractivity contribution < 1.29 is 9.21 Å². The molecule has 0 aliphatic heterocycles. The van der Waals surface area contributed by atoms with E-state index in [4.69, 9.17) is 4.42 Å². The van der Waals surface area contributed by atoms with Gasteiger partial charge < -0.3 is 8.98 Å². The van der Waals surface area contributed by atoms with Gasteiger partial charge in [-0.05, 0) is 43.7 Å². The van der Waals surface area contributed by atoms with Gasteiger partial charge in [-0.3, -0.25) is 4.79 Å². The lowest BCUT2D eigenvalue weighted by molar-refractivity contribution is 0.0953. The Hall–Kier alpha value is -3.34. The molecule has 1 amide bonds. The zero-order chi connectivity index (χ0) is 18.1. The highest BCUT2D eigenvalue weighted by Crippen LogP contribution is 2.29. The van der Waals surface area contributed by atoms with Gasteiger partial charge in [-0.1, -0.05) is 24.3 Å². The number of hydrogen-bond acceptors (Lipinski definition) is 3. The van der Waals surface area contributed by atoms with Crippen molar-refractivity contribution >= 4 is 33.9 Å². The molecule has 26 heavy (non-hydrogen) atoms. The van der Waals surface area contributed by atoms with Gasteiger partial charge in [0.1, 0.15) is 5.76 Å². The Bertz CT molecular complexity index is 1130. The summed E-state index contributed by atoms with van der Waals surface area (Å²) in [5.74, 6) is 0.294. The third kappa shape index (κ3) is 2.67. The number of rotatable bonds is 4. The number of hydrogen-bond donors (Lipinski definition) is 1. The minimum atomic E-state index is -0.281. The standard InChI is InChI=1S/C21H19N3O2/c1-3-24-19-7-5-4-6-17(19)18-12-15(8-9-20(18)24)13-22-23-21(25)16-10-11-26-14(16)2/h4-13H,3H2,1-2H3,(H,23,25). The first-order valence-electron chi connectivity index (χ1n) is 8.57. The first-order valence-corrected chi connectivity index (χ1v) is 8.57. The Morgan fingerprint density at radius 2 is 1.96 bits per heavy atom. The van der Waals surface area contributed by atoms with Crippen molar-refractivity contribution in [2.45, 2.75) is 20.4 Å². The fourth-order valence-electron chi connectivity index (χ4n) is 3.34. The summed E-state index contributed by atoms with van der Waals surface area (Å²) in [5, 5.41) is 6.48. The van der Waals surface area contributed by atoms with Crippen LogP contribution in [0.3, 0.4) is 0 Å². The van der Waals surface area contributed by atoms with Gasteiger partial charge in [0.25, 0.3) is 5.91 Å². The number of benzene rings is 2. The SMILES string of the molecule is CCn1c2ccccc2c2cc(C=NNC(=O)c3ccoc3C)ccc21. The predicted molar refractivity (Wildman–Crippen MR) is 104 cm³/mol. The lowest BCUT2D eigenvalue weighted by Crippen LogP contribution is -2.17. The average molecular weight is 345 g/mol. The van der Waals surface area contributed by atoms with Crippen molar-refractivity contribution in [2.75, 3.05) is 0 Å². The van der Waals surface area contributed by atoms with Crippen LogP contribution in [0.25, 0.3) is 21.8 Å². The van der Waals surface area contributed by atoms with Crippen molar-refractivity contribution in [3.05, 3.63) is 71.7 Å². The number of hydrazone groups is 1. The molecule has 5 heteroatoms. The van der Waals surface area contributed by atoms with Gasteiger partial charge in [-0.15, -0.1) is 0 Å². The van der Waals surface area contributed by atoms with E-state index in [2.05, 4.69) is 58.4 Å². The van der Waals surface area contributed by atoms with E-state index in [0.717, 1.165) is 12.1 Å².